The van der Waals surface area contributed by atoms with E-state index in [1.807, 2.05) is 30.3 Å². The Balaban J connectivity index is 2.05. The smallest absolute Gasteiger partial charge is 0.226 e. The van der Waals surface area contributed by atoms with Gasteiger partial charge in [0, 0.05) is 13.1 Å². The predicted molar refractivity (Wildman–Crippen MR) is 80.5 cm³/mol. The summed E-state index contributed by atoms with van der Waals surface area (Å²) >= 11 is 0. The number of nitrogens with zero attached hydrogens (tertiary/aromatic N) is 1. The van der Waals surface area contributed by atoms with Gasteiger partial charge in [0.15, 0.2) is 0 Å². The topological polar surface area (TPSA) is 71.1 Å². The standard InChI is InChI=1S/C16H17N3O2/c1-12(20)18-15(13-6-3-2-4-7-13)10-16(21)19-14-8-5-9-17-11-14/h2-9,11,15H,10H2,1H3,(H,18,20)(H,19,21)/t15-/m0/s1. The number of nitrogens with one attached hydrogen (secondary N) is 2. The van der Waals surface area contributed by atoms with Gasteiger partial charge < -0.3 is 10.6 Å². The van der Waals surface area contributed by atoms with Crippen molar-refractivity contribution in [1.82, 2.24) is 10.3 Å². The van der Waals surface area contributed by atoms with Gasteiger partial charge in [-0.25, -0.2) is 0 Å². The van der Waals surface area contributed by atoms with E-state index in [1.165, 1.54) is 6.92 Å². The number of hydrogen-bond donors (Lipinski definition) is 2. The number of rotatable bonds is 5. The minimum absolute atomic E-state index is 0.165. The Morgan fingerprint density at radius 3 is 2.52 bits per heavy atom. The van der Waals surface area contributed by atoms with E-state index in [9.17, 15) is 9.59 Å². The van der Waals surface area contributed by atoms with E-state index in [1.54, 1.807) is 24.5 Å². The summed E-state index contributed by atoms with van der Waals surface area (Å²) in [5.74, 6) is -0.344. The molecule has 5 nitrogen and oxygen atoms in total. The Morgan fingerprint density at radius 1 is 1.14 bits per heavy atom. The highest BCUT2D eigenvalue weighted by atomic mass is 16.2. The summed E-state index contributed by atoms with van der Waals surface area (Å²) in [6.07, 6.45) is 3.38. The quantitative estimate of drug-likeness (QED) is 0.884. The van der Waals surface area contributed by atoms with Gasteiger partial charge in [-0.3, -0.25) is 14.6 Å². The van der Waals surface area contributed by atoms with E-state index in [4.69, 9.17) is 0 Å². The number of pyridine rings is 1. The normalized spacial score (nSPS) is 11.5. The zero-order chi connectivity index (χ0) is 15.1. The number of amides is 2. The SMILES string of the molecule is CC(=O)N[C@@H](CC(=O)Nc1cccnc1)c1ccccc1. The van der Waals surface area contributed by atoms with Crippen LogP contribution >= 0.6 is 0 Å². The van der Waals surface area contributed by atoms with E-state index >= 15 is 0 Å². The van der Waals surface area contributed by atoms with Gasteiger partial charge in [0.25, 0.3) is 0 Å². The van der Waals surface area contributed by atoms with Gasteiger partial charge in [-0.05, 0) is 17.7 Å². The van der Waals surface area contributed by atoms with Crippen LogP contribution in [0.15, 0.2) is 54.9 Å². The molecule has 0 bridgehead atoms. The van der Waals surface area contributed by atoms with Crippen molar-refractivity contribution in [3.05, 3.63) is 60.4 Å². The molecule has 0 aliphatic carbocycles. The highest BCUT2D eigenvalue weighted by Crippen LogP contribution is 2.17. The third kappa shape index (κ3) is 4.72. The van der Waals surface area contributed by atoms with Gasteiger partial charge in [-0.2, -0.15) is 0 Å². The number of hydrogen-bond acceptors (Lipinski definition) is 3. The van der Waals surface area contributed by atoms with Crippen LogP contribution in [0.3, 0.4) is 0 Å². The molecule has 2 amide bonds. The van der Waals surface area contributed by atoms with Crippen LogP contribution in [0.5, 0.6) is 0 Å². The first-order valence-electron chi connectivity index (χ1n) is 6.67. The number of benzene rings is 1. The van der Waals surface area contributed by atoms with Crippen LogP contribution in [-0.2, 0) is 9.59 Å². The van der Waals surface area contributed by atoms with Crippen molar-refractivity contribution in [1.29, 1.82) is 0 Å². The number of aromatic nitrogens is 1. The van der Waals surface area contributed by atoms with Crippen molar-refractivity contribution in [3.8, 4) is 0 Å². The molecular formula is C16H17N3O2. The second-order valence-electron chi connectivity index (χ2n) is 4.66. The van der Waals surface area contributed by atoms with Gasteiger partial charge >= 0.3 is 0 Å². The van der Waals surface area contributed by atoms with Gasteiger partial charge in [0.05, 0.1) is 24.3 Å². The first kappa shape index (κ1) is 14.7. The molecule has 1 aromatic carbocycles. The molecular weight excluding hydrogens is 266 g/mol. The summed E-state index contributed by atoms with van der Waals surface area (Å²) in [5, 5.41) is 5.56. The van der Waals surface area contributed by atoms with E-state index in [0.717, 1.165) is 5.56 Å². The molecule has 0 unspecified atom stereocenters. The van der Waals surface area contributed by atoms with Crippen LogP contribution in [0.1, 0.15) is 24.9 Å². The van der Waals surface area contributed by atoms with Crippen LogP contribution in [0.25, 0.3) is 0 Å². The molecule has 2 rings (SSSR count). The van der Waals surface area contributed by atoms with Gasteiger partial charge in [0.1, 0.15) is 0 Å². The zero-order valence-electron chi connectivity index (χ0n) is 11.7. The lowest BCUT2D eigenvalue weighted by Gasteiger charge is -2.18. The fourth-order valence-corrected chi connectivity index (χ4v) is 2.02. The molecule has 0 fully saturated rings. The lowest BCUT2D eigenvalue weighted by molar-refractivity contribution is -0.120. The molecule has 0 spiro atoms. The second-order valence-corrected chi connectivity index (χ2v) is 4.66. The minimum Gasteiger partial charge on any atom is -0.349 e. The first-order chi connectivity index (χ1) is 10.1. The average molecular weight is 283 g/mol. The molecule has 108 valence electrons. The molecule has 0 saturated carbocycles. The van der Waals surface area contributed by atoms with Crippen molar-refractivity contribution in [2.45, 2.75) is 19.4 Å². The predicted octanol–water partition coefficient (Wildman–Crippen LogP) is 2.29. The molecule has 21 heavy (non-hydrogen) atoms. The molecule has 0 saturated heterocycles. The van der Waals surface area contributed by atoms with Crippen molar-refractivity contribution < 1.29 is 9.59 Å². The fourth-order valence-electron chi connectivity index (χ4n) is 2.02. The molecule has 1 heterocycles. The first-order valence-corrected chi connectivity index (χ1v) is 6.67. The summed E-state index contributed by atoms with van der Waals surface area (Å²) in [5.41, 5.74) is 1.53. The number of carbonyl (C=O) groups is 2. The lowest BCUT2D eigenvalue weighted by atomic mass is 10.0. The van der Waals surface area contributed by atoms with Gasteiger partial charge in [0.2, 0.25) is 11.8 Å². The van der Waals surface area contributed by atoms with E-state index < -0.39 is 0 Å². The maximum atomic E-state index is 12.1. The summed E-state index contributed by atoms with van der Waals surface area (Å²) in [6, 6.07) is 12.6. The Labute approximate surface area is 123 Å². The molecule has 0 aliphatic rings. The van der Waals surface area contributed by atoms with Crippen LogP contribution < -0.4 is 10.6 Å². The van der Waals surface area contributed by atoms with Crippen LogP contribution in [0.2, 0.25) is 0 Å². The second kappa shape index (κ2) is 7.19. The molecule has 2 N–H and O–H groups in total. The summed E-state index contributed by atoms with van der Waals surface area (Å²) in [6.45, 7) is 1.44. The van der Waals surface area contributed by atoms with Crippen molar-refractivity contribution in [2.75, 3.05) is 5.32 Å². The molecule has 0 aliphatic heterocycles. The third-order valence-corrected chi connectivity index (χ3v) is 2.91. The van der Waals surface area contributed by atoms with Crippen LogP contribution in [-0.4, -0.2) is 16.8 Å². The highest BCUT2D eigenvalue weighted by Gasteiger charge is 2.16. The molecule has 2 aromatic rings. The van der Waals surface area contributed by atoms with E-state index in [0.29, 0.717) is 5.69 Å². The summed E-state index contributed by atoms with van der Waals surface area (Å²) in [7, 11) is 0. The minimum atomic E-state index is -0.347. The lowest BCUT2D eigenvalue weighted by Crippen LogP contribution is -2.29. The Kier molecular flexibility index (Phi) is 5.04. The number of carbonyl (C=O) groups excluding carboxylic acids is 2. The largest absolute Gasteiger partial charge is 0.349 e. The molecule has 1 aromatic heterocycles. The maximum absolute atomic E-state index is 12.1. The summed E-state index contributed by atoms with van der Waals surface area (Å²) in [4.78, 5) is 27.3. The summed E-state index contributed by atoms with van der Waals surface area (Å²) < 4.78 is 0. The van der Waals surface area contributed by atoms with Gasteiger partial charge in [-0.1, -0.05) is 30.3 Å². The Bertz CT molecular complexity index is 599. The fraction of sp³-hybridized carbons (Fsp3) is 0.188. The Morgan fingerprint density at radius 2 is 1.90 bits per heavy atom. The average Bonchev–Trinajstić information content (AvgIpc) is 2.48. The van der Waals surface area contributed by atoms with Crippen LogP contribution in [0, 0.1) is 0 Å². The maximum Gasteiger partial charge on any atom is 0.226 e. The zero-order valence-corrected chi connectivity index (χ0v) is 11.7. The molecule has 5 heteroatoms. The monoisotopic (exact) mass is 283 g/mol. The van der Waals surface area contributed by atoms with Crippen molar-refractivity contribution in [3.63, 3.8) is 0 Å². The van der Waals surface area contributed by atoms with E-state index in [2.05, 4.69) is 15.6 Å². The van der Waals surface area contributed by atoms with Crippen molar-refractivity contribution in [2.24, 2.45) is 0 Å². The Hall–Kier alpha value is -2.69. The third-order valence-electron chi connectivity index (χ3n) is 2.91. The van der Waals surface area contributed by atoms with Gasteiger partial charge in [-0.15, -0.1) is 0 Å². The molecule has 1 atom stereocenters. The van der Waals surface area contributed by atoms with Crippen molar-refractivity contribution >= 4 is 17.5 Å². The van der Waals surface area contributed by atoms with E-state index in [-0.39, 0.29) is 24.3 Å². The number of anilines is 1. The van der Waals surface area contributed by atoms with Crippen LogP contribution in [0.4, 0.5) is 5.69 Å². The molecule has 0 radical (unpaired) electrons. The highest BCUT2D eigenvalue weighted by molar-refractivity contribution is 5.91.